The number of aromatic nitrogens is 1. The smallest absolute Gasteiger partial charge is 0.191 e. The van der Waals surface area contributed by atoms with Gasteiger partial charge in [-0.15, -0.1) is 0 Å². The minimum absolute atomic E-state index is 0.392. The van der Waals surface area contributed by atoms with E-state index >= 15 is 0 Å². The van der Waals surface area contributed by atoms with Crippen LogP contribution in [0.2, 0.25) is 0 Å². The van der Waals surface area contributed by atoms with Gasteiger partial charge in [-0.25, -0.2) is 0 Å². The molecule has 0 spiro atoms. The van der Waals surface area contributed by atoms with Crippen LogP contribution in [0, 0.1) is 11.8 Å². The molecule has 0 aromatic carbocycles. The fourth-order valence-electron chi connectivity index (χ4n) is 2.85. The van der Waals surface area contributed by atoms with E-state index in [2.05, 4.69) is 41.6 Å². The van der Waals surface area contributed by atoms with E-state index in [9.17, 15) is 0 Å². The van der Waals surface area contributed by atoms with Gasteiger partial charge in [-0.05, 0) is 30.6 Å². The summed E-state index contributed by atoms with van der Waals surface area (Å²) in [4.78, 5) is 4.28. The van der Waals surface area contributed by atoms with E-state index < -0.39 is 0 Å². The summed E-state index contributed by atoms with van der Waals surface area (Å²) in [5.74, 6) is 3.74. The lowest BCUT2D eigenvalue weighted by atomic mass is 9.83. The third kappa shape index (κ3) is 5.04. The first-order valence-electron chi connectivity index (χ1n) is 8.48. The third-order valence-corrected chi connectivity index (χ3v) is 4.52. The van der Waals surface area contributed by atoms with E-state index in [0.717, 1.165) is 35.8 Å². The Balaban J connectivity index is 1.72. The van der Waals surface area contributed by atoms with Crippen LogP contribution >= 0.6 is 0 Å². The number of nitrogens with zero attached hydrogens (tertiary/aromatic N) is 2. The van der Waals surface area contributed by atoms with Crippen LogP contribution in [0.1, 0.15) is 63.8 Å². The molecule has 5 heteroatoms. The Morgan fingerprint density at radius 1 is 1.32 bits per heavy atom. The van der Waals surface area contributed by atoms with Gasteiger partial charge in [0.15, 0.2) is 11.7 Å². The molecule has 0 amide bonds. The quantitative estimate of drug-likeness (QED) is 0.647. The lowest BCUT2D eigenvalue weighted by Gasteiger charge is -2.26. The molecular formula is C17H30N4O. The average molecular weight is 306 g/mol. The van der Waals surface area contributed by atoms with Gasteiger partial charge >= 0.3 is 0 Å². The molecule has 5 nitrogen and oxygen atoms in total. The Hall–Kier alpha value is -1.52. The number of hydrogen-bond acceptors (Lipinski definition) is 3. The molecule has 1 saturated carbocycles. The number of rotatable bonds is 5. The Bertz CT molecular complexity index is 473. The van der Waals surface area contributed by atoms with Crippen molar-refractivity contribution in [1.29, 1.82) is 0 Å². The van der Waals surface area contributed by atoms with E-state index in [1.54, 1.807) is 7.05 Å². The molecule has 2 N–H and O–H groups in total. The van der Waals surface area contributed by atoms with Gasteiger partial charge in [0, 0.05) is 19.7 Å². The van der Waals surface area contributed by atoms with Crippen molar-refractivity contribution >= 4 is 5.96 Å². The van der Waals surface area contributed by atoms with Gasteiger partial charge in [-0.2, -0.15) is 0 Å². The molecule has 124 valence electrons. The zero-order valence-corrected chi connectivity index (χ0v) is 14.4. The molecule has 2 rings (SSSR count). The van der Waals surface area contributed by atoms with Crippen molar-refractivity contribution in [2.45, 2.75) is 58.9 Å². The second kappa shape index (κ2) is 8.20. The number of nitrogens with one attached hydrogen (secondary N) is 2. The summed E-state index contributed by atoms with van der Waals surface area (Å²) in [6, 6.07) is 2.01. The summed E-state index contributed by atoms with van der Waals surface area (Å²) in [6.07, 6.45) is 5.36. The normalized spacial score (nSPS) is 22.9. The molecule has 1 heterocycles. The van der Waals surface area contributed by atoms with Crippen molar-refractivity contribution in [2.75, 3.05) is 13.6 Å². The van der Waals surface area contributed by atoms with Crippen LogP contribution in [0.3, 0.4) is 0 Å². The Morgan fingerprint density at radius 3 is 2.64 bits per heavy atom. The van der Waals surface area contributed by atoms with Gasteiger partial charge in [0.05, 0.1) is 12.2 Å². The minimum Gasteiger partial charge on any atom is -0.359 e. The maximum absolute atomic E-state index is 5.33. The highest BCUT2D eigenvalue weighted by atomic mass is 16.5. The molecule has 1 aromatic heterocycles. The number of guanidine groups is 1. The fourth-order valence-corrected chi connectivity index (χ4v) is 2.85. The second-order valence-corrected chi connectivity index (χ2v) is 6.81. The Labute approximate surface area is 133 Å². The van der Waals surface area contributed by atoms with Crippen molar-refractivity contribution in [3.8, 4) is 0 Å². The molecule has 1 aliphatic carbocycles. The predicted octanol–water partition coefficient (Wildman–Crippen LogP) is 3.29. The number of hydrogen-bond donors (Lipinski definition) is 2. The van der Waals surface area contributed by atoms with Crippen LogP contribution in [0.4, 0.5) is 0 Å². The summed E-state index contributed by atoms with van der Waals surface area (Å²) in [5.41, 5.74) is 0.996. The van der Waals surface area contributed by atoms with Crippen molar-refractivity contribution in [2.24, 2.45) is 16.8 Å². The highest BCUT2D eigenvalue weighted by Gasteiger charge is 2.18. The monoisotopic (exact) mass is 306 g/mol. The third-order valence-electron chi connectivity index (χ3n) is 4.52. The van der Waals surface area contributed by atoms with Crippen LogP contribution in [-0.4, -0.2) is 24.7 Å². The Morgan fingerprint density at radius 2 is 2.05 bits per heavy atom. The van der Waals surface area contributed by atoms with E-state index in [0.29, 0.717) is 12.5 Å². The van der Waals surface area contributed by atoms with Gasteiger partial charge in [0.1, 0.15) is 0 Å². The lowest BCUT2D eigenvalue weighted by molar-refractivity contribution is 0.289. The topological polar surface area (TPSA) is 62.5 Å². The molecule has 1 fully saturated rings. The molecule has 0 aliphatic heterocycles. The lowest BCUT2D eigenvalue weighted by Crippen LogP contribution is -2.39. The van der Waals surface area contributed by atoms with Gasteiger partial charge in [-0.3, -0.25) is 4.99 Å². The predicted molar refractivity (Wildman–Crippen MR) is 89.9 cm³/mol. The van der Waals surface area contributed by atoms with Gasteiger partial charge < -0.3 is 15.2 Å². The maximum Gasteiger partial charge on any atom is 0.191 e. The van der Waals surface area contributed by atoms with Crippen LogP contribution in [0.5, 0.6) is 0 Å². The van der Waals surface area contributed by atoms with Crippen LogP contribution < -0.4 is 10.6 Å². The number of aliphatic imine (C=N–C) groups is 1. The summed E-state index contributed by atoms with van der Waals surface area (Å²) in [7, 11) is 1.80. The Kier molecular flexibility index (Phi) is 6.28. The summed E-state index contributed by atoms with van der Waals surface area (Å²) in [5, 5.41) is 10.8. The highest BCUT2D eigenvalue weighted by Crippen LogP contribution is 2.27. The summed E-state index contributed by atoms with van der Waals surface area (Å²) >= 11 is 0. The minimum atomic E-state index is 0.392. The van der Waals surface area contributed by atoms with Crippen LogP contribution in [-0.2, 0) is 6.54 Å². The fraction of sp³-hybridized carbons (Fsp3) is 0.765. The van der Waals surface area contributed by atoms with Crippen LogP contribution in [0.15, 0.2) is 15.6 Å². The summed E-state index contributed by atoms with van der Waals surface area (Å²) in [6.45, 7) is 8.19. The van der Waals surface area contributed by atoms with E-state index in [1.807, 2.05) is 6.07 Å². The SMILES string of the molecule is CN=C(NCc1cc(C(C)C)no1)NCC1CCC(C)CC1. The molecule has 0 bridgehead atoms. The van der Waals surface area contributed by atoms with Crippen LogP contribution in [0.25, 0.3) is 0 Å². The standard InChI is InChI=1S/C17H30N4O/c1-12(2)16-9-15(22-21-16)11-20-17(18-4)19-10-14-7-5-13(3)6-8-14/h9,12-14H,5-8,10-11H2,1-4H3,(H2,18,19,20). The highest BCUT2D eigenvalue weighted by molar-refractivity contribution is 5.79. The largest absolute Gasteiger partial charge is 0.359 e. The average Bonchev–Trinajstić information content (AvgIpc) is 2.98. The molecule has 22 heavy (non-hydrogen) atoms. The van der Waals surface area contributed by atoms with Gasteiger partial charge in [-0.1, -0.05) is 38.8 Å². The second-order valence-electron chi connectivity index (χ2n) is 6.81. The van der Waals surface area contributed by atoms with Crippen molar-refractivity contribution in [3.63, 3.8) is 0 Å². The molecule has 0 unspecified atom stereocenters. The first kappa shape index (κ1) is 16.8. The van der Waals surface area contributed by atoms with Gasteiger partial charge in [0.25, 0.3) is 0 Å². The molecule has 0 atom stereocenters. The molecular weight excluding hydrogens is 276 g/mol. The zero-order chi connectivity index (χ0) is 15.9. The zero-order valence-electron chi connectivity index (χ0n) is 14.4. The summed E-state index contributed by atoms with van der Waals surface area (Å²) < 4.78 is 5.33. The first-order valence-corrected chi connectivity index (χ1v) is 8.48. The van der Waals surface area contributed by atoms with E-state index in [1.165, 1.54) is 25.7 Å². The van der Waals surface area contributed by atoms with Gasteiger partial charge in [0.2, 0.25) is 0 Å². The molecule has 0 saturated heterocycles. The molecule has 0 radical (unpaired) electrons. The molecule has 1 aliphatic rings. The van der Waals surface area contributed by atoms with Crippen molar-refractivity contribution < 1.29 is 4.52 Å². The van der Waals surface area contributed by atoms with E-state index in [-0.39, 0.29) is 0 Å². The molecule has 1 aromatic rings. The van der Waals surface area contributed by atoms with Crippen molar-refractivity contribution in [3.05, 3.63) is 17.5 Å². The maximum atomic E-state index is 5.33. The van der Waals surface area contributed by atoms with Crippen molar-refractivity contribution in [1.82, 2.24) is 15.8 Å². The first-order chi connectivity index (χ1) is 10.6. The van der Waals surface area contributed by atoms with E-state index in [4.69, 9.17) is 4.52 Å².